The number of carbonyl (C=O) groups is 1. The van der Waals surface area contributed by atoms with Gasteiger partial charge in [0.05, 0.1) is 6.54 Å². The Morgan fingerprint density at radius 1 is 1.17 bits per heavy atom. The second-order valence-electron chi connectivity index (χ2n) is 7.34. The van der Waals surface area contributed by atoms with E-state index in [1.807, 2.05) is 36.4 Å². The van der Waals surface area contributed by atoms with Crippen LogP contribution >= 0.6 is 0 Å². The maximum atomic E-state index is 12.7. The van der Waals surface area contributed by atoms with Gasteiger partial charge in [-0.25, -0.2) is 0 Å². The van der Waals surface area contributed by atoms with Gasteiger partial charge in [-0.3, -0.25) is 14.6 Å². The lowest BCUT2D eigenvalue weighted by atomic mass is 10.0. The number of hydrogen-bond acceptors (Lipinski definition) is 5. The van der Waals surface area contributed by atoms with Gasteiger partial charge in [0, 0.05) is 49.2 Å². The largest absolute Gasteiger partial charge is 0.489 e. The fourth-order valence-electron chi connectivity index (χ4n) is 3.42. The molecule has 1 aromatic carbocycles. The Bertz CT molecular complexity index is 1080. The molecule has 6 nitrogen and oxygen atoms in total. The minimum atomic E-state index is -0.269. The number of nitrogens with zero attached hydrogens (tertiary/aromatic N) is 3. The Morgan fingerprint density at radius 2 is 2.00 bits per heavy atom. The van der Waals surface area contributed by atoms with Crippen molar-refractivity contribution in [2.24, 2.45) is 0 Å². The lowest BCUT2D eigenvalue weighted by molar-refractivity contribution is 0.0970. The molecule has 0 N–H and O–H groups in total. The second kappa shape index (κ2) is 8.41. The number of hydrogen-bond donors (Lipinski definition) is 0. The lowest BCUT2D eigenvalue weighted by Gasteiger charge is -2.24. The number of likely N-dealkylation sites (N-methyl/N-ethyl adjacent to an activating group) is 1. The first-order valence-corrected chi connectivity index (χ1v) is 9.65. The predicted molar refractivity (Wildman–Crippen MR) is 110 cm³/mol. The fourth-order valence-corrected chi connectivity index (χ4v) is 3.42. The van der Waals surface area contributed by atoms with Crippen molar-refractivity contribution in [1.29, 1.82) is 0 Å². The summed E-state index contributed by atoms with van der Waals surface area (Å²) in [6, 6.07) is 14.8. The summed E-state index contributed by atoms with van der Waals surface area (Å²) in [5.74, 6) is 0.356. The Balaban J connectivity index is 1.43. The predicted octanol–water partition coefficient (Wildman–Crippen LogP) is 2.69. The molecule has 0 spiro atoms. The van der Waals surface area contributed by atoms with Gasteiger partial charge in [0.1, 0.15) is 12.4 Å². The number of ether oxygens (including phenoxy) is 1. The van der Waals surface area contributed by atoms with Gasteiger partial charge in [-0.2, -0.15) is 0 Å². The Hall–Kier alpha value is -3.25. The highest BCUT2D eigenvalue weighted by Crippen LogP contribution is 2.17. The smallest absolute Gasteiger partial charge is 0.254 e. The third-order valence-electron chi connectivity index (χ3n) is 5.08. The molecule has 3 heterocycles. The molecular weight excluding hydrogens is 366 g/mol. The van der Waals surface area contributed by atoms with Gasteiger partial charge < -0.3 is 14.2 Å². The molecule has 0 unspecified atom stereocenters. The second-order valence-corrected chi connectivity index (χ2v) is 7.34. The average Bonchev–Trinajstić information content (AvgIpc) is 2.74. The van der Waals surface area contributed by atoms with Crippen molar-refractivity contribution in [2.75, 3.05) is 13.6 Å². The van der Waals surface area contributed by atoms with Crippen LogP contribution in [-0.2, 0) is 26.1 Å². The third-order valence-corrected chi connectivity index (χ3v) is 5.08. The van der Waals surface area contributed by atoms with Crippen LogP contribution in [0.1, 0.15) is 27.2 Å². The summed E-state index contributed by atoms with van der Waals surface area (Å²) in [5.41, 5.74) is 3.43. The van der Waals surface area contributed by atoms with Crippen LogP contribution in [0.4, 0.5) is 0 Å². The van der Waals surface area contributed by atoms with E-state index in [-0.39, 0.29) is 17.9 Å². The zero-order chi connectivity index (χ0) is 20.2. The quantitative estimate of drug-likeness (QED) is 0.607. The summed E-state index contributed by atoms with van der Waals surface area (Å²) >= 11 is 0. The molecule has 0 amide bonds. The number of ketones is 1. The molecule has 0 fully saturated rings. The minimum Gasteiger partial charge on any atom is -0.489 e. The first-order valence-electron chi connectivity index (χ1n) is 9.65. The zero-order valence-electron chi connectivity index (χ0n) is 16.4. The molecule has 3 aromatic rings. The molecule has 0 aliphatic carbocycles. The van der Waals surface area contributed by atoms with Crippen LogP contribution in [0, 0.1) is 0 Å². The lowest BCUT2D eigenvalue weighted by Crippen LogP contribution is -2.28. The highest BCUT2D eigenvalue weighted by molar-refractivity contribution is 5.95. The molecule has 4 rings (SSSR count). The van der Waals surface area contributed by atoms with Crippen molar-refractivity contribution in [2.45, 2.75) is 26.1 Å². The van der Waals surface area contributed by atoms with E-state index in [0.717, 1.165) is 36.3 Å². The van der Waals surface area contributed by atoms with Gasteiger partial charge in [-0.1, -0.05) is 30.3 Å². The van der Waals surface area contributed by atoms with Crippen molar-refractivity contribution < 1.29 is 9.53 Å². The molecule has 6 heteroatoms. The summed E-state index contributed by atoms with van der Waals surface area (Å²) in [6.07, 6.45) is 4.11. The van der Waals surface area contributed by atoms with E-state index in [4.69, 9.17) is 4.74 Å². The maximum Gasteiger partial charge on any atom is 0.254 e. The molecule has 0 atom stereocenters. The van der Waals surface area contributed by atoms with Crippen LogP contribution in [0.3, 0.4) is 0 Å². The van der Waals surface area contributed by atoms with Crippen molar-refractivity contribution in [3.63, 3.8) is 0 Å². The maximum absolute atomic E-state index is 12.7. The number of rotatable bonds is 6. The summed E-state index contributed by atoms with van der Waals surface area (Å²) in [4.78, 5) is 31.7. The van der Waals surface area contributed by atoms with E-state index < -0.39 is 0 Å². The van der Waals surface area contributed by atoms with Crippen LogP contribution < -0.4 is 10.3 Å². The summed E-state index contributed by atoms with van der Waals surface area (Å²) in [5, 5.41) is 0. The molecular formula is C23H23N3O3. The summed E-state index contributed by atoms with van der Waals surface area (Å²) < 4.78 is 7.07. The summed E-state index contributed by atoms with van der Waals surface area (Å²) in [7, 11) is 2.05. The van der Waals surface area contributed by atoms with Crippen molar-refractivity contribution in [3.05, 3.63) is 93.7 Å². The van der Waals surface area contributed by atoms with E-state index in [9.17, 15) is 9.59 Å². The van der Waals surface area contributed by atoms with Gasteiger partial charge in [-0.05, 0) is 30.3 Å². The monoisotopic (exact) mass is 389 g/mol. The Morgan fingerprint density at radius 3 is 2.79 bits per heavy atom. The van der Waals surface area contributed by atoms with Gasteiger partial charge in [-0.15, -0.1) is 0 Å². The number of carbonyl (C=O) groups excluding carboxylic acids is 1. The van der Waals surface area contributed by atoms with E-state index in [1.165, 1.54) is 10.6 Å². The van der Waals surface area contributed by atoms with E-state index in [0.29, 0.717) is 17.9 Å². The van der Waals surface area contributed by atoms with Crippen molar-refractivity contribution >= 4 is 5.78 Å². The molecule has 148 valence electrons. The Kier molecular flexibility index (Phi) is 5.53. The van der Waals surface area contributed by atoms with Gasteiger partial charge in [0.2, 0.25) is 0 Å². The fraction of sp³-hybridized carbons (Fsp3) is 0.261. The number of benzene rings is 1. The SMILES string of the molecule is CN1CCc2ncc(C(=O)Cn3ccc(OCc4ccccc4)cc3=O)cc2C1. The molecule has 0 saturated heterocycles. The van der Waals surface area contributed by atoms with Crippen LogP contribution in [-0.4, -0.2) is 33.8 Å². The van der Waals surface area contributed by atoms with E-state index in [2.05, 4.69) is 16.9 Å². The normalized spacial score (nSPS) is 13.7. The van der Waals surface area contributed by atoms with Gasteiger partial charge in [0.15, 0.2) is 5.78 Å². The van der Waals surface area contributed by atoms with E-state index in [1.54, 1.807) is 18.5 Å². The number of pyridine rings is 2. The van der Waals surface area contributed by atoms with E-state index >= 15 is 0 Å². The third kappa shape index (κ3) is 4.60. The van der Waals surface area contributed by atoms with Gasteiger partial charge >= 0.3 is 0 Å². The van der Waals surface area contributed by atoms with Crippen molar-refractivity contribution in [3.8, 4) is 5.75 Å². The Labute approximate surface area is 169 Å². The highest BCUT2D eigenvalue weighted by atomic mass is 16.5. The molecule has 0 radical (unpaired) electrons. The standard InChI is InChI=1S/C23H23N3O3/c1-25-9-8-21-19(14-25)11-18(13-24-21)22(27)15-26-10-7-20(12-23(26)28)29-16-17-5-3-2-4-6-17/h2-7,10-13H,8-9,14-16H2,1H3. The molecule has 0 saturated carbocycles. The first-order chi connectivity index (χ1) is 14.1. The average molecular weight is 389 g/mol. The molecule has 0 bridgehead atoms. The number of Topliss-reactive ketones (excluding diaryl/α,β-unsaturated/α-hetero) is 1. The molecule has 1 aliphatic rings. The molecule has 29 heavy (non-hydrogen) atoms. The van der Waals surface area contributed by atoms with Crippen molar-refractivity contribution in [1.82, 2.24) is 14.5 Å². The number of fused-ring (bicyclic) bond motifs is 1. The van der Waals surface area contributed by atoms with Crippen LogP contribution in [0.2, 0.25) is 0 Å². The van der Waals surface area contributed by atoms with Crippen LogP contribution in [0.25, 0.3) is 0 Å². The molecule has 1 aliphatic heterocycles. The topological polar surface area (TPSA) is 64.4 Å². The summed E-state index contributed by atoms with van der Waals surface area (Å²) in [6.45, 7) is 2.13. The number of aromatic nitrogens is 2. The zero-order valence-corrected chi connectivity index (χ0v) is 16.4. The van der Waals surface area contributed by atoms with Crippen LogP contribution in [0.5, 0.6) is 5.75 Å². The molecule has 2 aromatic heterocycles. The minimum absolute atomic E-state index is 0.0197. The van der Waals surface area contributed by atoms with Crippen LogP contribution in [0.15, 0.2) is 65.7 Å². The van der Waals surface area contributed by atoms with Gasteiger partial charge in [0.25, 0.3) is 5.56 Å². The first kappa shape index (κ1) is 19.1. The highest BCUT2D eigenvalue weighted by Gasteiger charge is 2.17.